The molecule has 222 valence electrons. The van der Waals surface area contributed by atoms with E-state index in [4.69, 9.17) is 19.7 Å². The van der Waals surface area contributed by atoms with E-state index in [1.54, 1.807) is 20.8 Å². The van der Waals surface area contributed by atoms with Gasteiger partial charge in [-0.2, -0.15) is 0 Å². The number of carbonyl (C=O) groups excluding carboxylic acids is 3. The SMILES string of the molecule is C=C1OC(CNC)CN1c1cc(F)c(N2CCN(C(=O)C/C=C/N=CC=N)CC2)c(F)c1.C=O.CN.COC=O. The van der Waals surface area contributed by atoms with E-state index < -0.39 is 11.6 Å². The van der Waals surface area contributed by atoms with Gasteiger partial charge in [0.2, 0.25) is 5.91 Å². The van der Waals surface area contributed by atoms with E-state index in [0.29, 0.717) is 57.3 Å². The first kappa shape index (κ1) is 35.8. The standard InChI is InChI=1S/C22H28F2N6O2.C2H4O2.CH5N.CH2O/c1-16-30(15-18(32-16)14-26-2)17-12-19(23)22(20(24)13-17)29-10-8-28(9-11-29)21(31)4-3-6-27-7-5-25;1-4-2-3;2*1-2/h3,5-7,12-13,18,25-26H,1,4,8-11,14-15H2,2H3;2H,1H3;2H2,1H3;1H2/b6-3+,25-5?,27-7?;;;. The lowest BCUT2D eigenvalue weighted by Crippen LogP contribution is -2.49. The molecule has 12 nitrogen and oxygen atoms in total. The largest absolute Gasteiger partial charge is 0.473 e. The Balaban J connectivity index is 0.00000171. The van der Waals surface area contributed by atoms with Gasteiger partial charge in [0.25, 0.3) is 6.47 Å². The first-order chi connectivity index (χ1) is 19.4. The summed E-state index contributed by atoms with van der Waals surface area (Å²) in [6, 6.07) is 2.59. The van der Waals surface area contributed by atoms with Crippen LogP contribution >= 0.6 is 0 Å². The molecule has 1 aromatic carbocycles. The second-order valence-electron chi connectivity index (χ2n) is 7.81. The number of amides is 1. The fraction of sp³-hybridized carbons (Fsp3) is 0.423. The Hall–Kier alpha value is -4.17. The first-order valence-corrected chi connectivity index (χ1v) is 12.2. The summed E-state index contributed by atoms with van der Waals surface area (Å²) in [5.41, 5.74) is 4.78. The Bertz CT molecular complexity index is 979. The van der Waals surface area contributed by atoms with Crippen LogP contribution in [0.4, 0.5) is 20.2 Å². The van der Waals surface area contributed by atoms with Crippen LogP contribution in [0.5, 0.6) is 0 Å². The molecule has 1 amide bonds. The van der Waals surface area contributed by atoms with Crippen molar-refractivity contribution in [2.24, 2.45) is 10.7 Å². The summed E-state index contributed by atoms with van der Waals surface area (Å²) in [6.45, 7) is 8.69. The summed E-state index contributed by atoms with van der Waals surface area (Å²) in [7, 11) is 4.62. The third-order valence-corrected chi connectivity index (χ3v) is 5.42. The van der Waals surface area contributed by atoms with Gasteiger partial charge in [0.05, 0.1) is 13.7 Å². The Morgan fingerprint density at radius 1 is 1.25 bits per heavy atom. The van der Waals surface area contributed by atoms with Crippen molar-refractivity contribution in [2.75, 3.05) is 70.3 Å². The van der Waals surface area contributed by atoms with Crippen molar-refractivity contribution in [2.45, 2.75) is 12.5 Å². The molecule has 1 unspecified atom stereocenters. The summed E-state index contributed by atoms with van der Waals surface area (Å²) < 4.78 is 39.4. The molecular formula is C26H39F2N7O5. The lowest BCUT2D eigenvalue weighted by Gasteiger charge is -2.36. The van der Waals surface area contributed by atoms with Crippen molar-refractivity contribution in [1.82, 2.24) is 10.2 Å². The maximum atomic E-state index is 14.9. The number of methoxy groups -OCH3 is 1. The minimum atomic E-state index is -0.656. The summed E-state index contributed by atoms with van der Waals surface area (Å²) >= 11 is 0. The molecule has 14 heteroatoms. The van der Waals surface area contributed by atoms with Crippen LogP contribution in [-0.4, -0.2) is 103 Å². The molecule has 3 rings (SSSR count). The van der Waals surface area contributed by atoms with Crippen molar-refractivity contribution in [1.29, 1.82) is 5.41 Å². The Morgan fingerprint density at radius 2 is 1.82 bits per heavy atom. The van der Waals surface area contributed by atoms with E-state index in [1.807, 2.05) is 13.8 Å². The number of piperazine rings is 1. The van der Waals surface area contributed by atoms with Gasteiger partial charge >= 0.3 is 0 Å². The number of benzene rings is 1. The number of rotatable bonds is 9. The van der Waals surface area contributed by atoms with Crippen LogP contribution in [0, 0.1) is 17.0 Å². The molecule has 1 aromatic rings. The molecule has 1 atom stereocenters. The molecule has 2 saturated heterocycles. The molecule has 40 heavy (non-hydrogen) atoms. The molecule has 2 aliphatic rings. The summed E-state index contributed by atoms with van der Waals surface area (Å²) in [6.07, 6.45) is 5.48. The van der Waals surface area contributed by atoms with Gasteiger partial charge in [0, 0.05) is 63.5 Å². The van der Waals surface area contributed by atoms with E-state index in [2.05, 4.69) is 27.4 Å². The first-order valence-electron chi connectivity index (χ1n) is 12.2. The third kappa shape index (κ3) is 11.3. The highest BCUT2D eigenvalue weighted by Crippen LogP contribution is 2.33. The highest BCUT2D eigenvalue weighted by Gasteiger charge is 2.30. The topological polar surface area (TPSA) is 154 Å². The number of hydrogen-bond acceptors (Lipinski definition) is 11. The van der Waals surface area contributed by atoms with Crippen LogP contribution in [-0.2, 0) is 23.9 Å². The van der Waals surface area contributed by atoms with E-state index in [0.717, 1.165) is 6.21 Å². The van der Waals surface area contributed by atoms with Crippen LogP contribution in [0.25, 0.3) is 0 Å². The maximum absolute atomic E-state index is 14.9. The molecular weight excluding hydrogens is 528 g/mol. The minimum Gasteiger partial charge on any atom is -0.473 e. The van der Waals surface area contributed by atoms with Gasteiger partial charge in [-0.1, -0.05) is 6.08 Å². The molecule has 2 heterocycles. The molecule has 2 fully saturated rings. The average Bonchev–Trinajstić information content (AvgIpc) is 3.35. The number of ether oxygens (including phenoxy) is 2. The van der Waals surface area contributed by atoms with Crippen LogP contribution in [0.1, 0.15) is 6.42 Å². The van der Waals surface area contributed by atoms with Crippen LogP contribution in [0.15, 0.2) is 41.9 Å². The Labute approximate surface area is 233 Å². The molecule has 0 aromatic heterocycles. The second-order valence-corrected chi connectivity index (χ2v) is 7.81. The second kappa shape index (κ2) is 20.7. The van der Waals surface area contributed by atoms with Gasteiger partial charge < -0.3 is 45.4 Å². The normalized spacial score (nSPS) is 16.2. The molecule has 4 N–H and O–H groups in total. The molecule has 2 aliphatic heterocycles. The van der Waals surface area contributed by atoms with Crippen LogP contribution in [0.2, 0.25) is 0 Å². The minimum absolute atomic E-state index is 0.0779. The van der Waals surface area contributed by atoms with E-state index in [9.17, 15) is 13.6 Å². The molecule has 0 aliphatic carbocycles. The fourth-order valence-corrected chi connectivity index (χ4v) is 3.81. The highest BCUT2D eigenvalue weighted by atomic mass is 19.1. The zero-order valence-corrected chi connectivity index (χ0v) is 23.1. The number of carbonyl (C=O) groups is 3. The number of likely N-dealkylation sites (N-methyl/N-ethyl adjacent to an activating group) is 1. The quantitative estimate of drug-likeness (QED) is 0.296. The van der Waals surface area contributed by atoms with Crippen LogP contribution in [0.3, 0.4) is 0 Å². The molecule has 0 bridgehead atoms. The number of halogens is 2. The molecule has 0 saturated carbocycles. The molecule has 0 spiro atoms. The lowest BCUT2D eigenvalue weighted by atomic mass is 10.2. The monoisotopic (exact) mass is 567 g/mol. The summed E-state index contributed by atoms with van der Waals surface area (Å²) in [4.78, 5) is 38.0. The van der Waals surface area contributed by atoms with E-state index in [-0.39, 0.29) is 24.1 Å². The van der Waals surface area contributed by atoms with Gasteiger partial charge in [-0.25, -0.2) is 8.78 Å². The number of hydrogen-bond donors (Lipinski definition) is 3. The number of anilines is 2. The van der Waals surface area contributed by atoms with Crippen molar-refractivity contribution in [3.05, 3.63) is 48.5 Å². The fourth-order valence-electron chi connectivity index (χ4n) is 3.81. The highest BCUT2D eigenvalue weighted by molar-refractivity contribution is 6.14. The predicted octanol–water partition coefficient (Wildman–Crippen LogP) is 1.31. The van der Waals surface area contributed by atoms with Gasteiger partial charge in [-0.05, 0) is 32.8 Å². The van der Waals surface area contributed by atoms with Crippen molar-refractivity contribution >= 4 is 43.0 Å². The van der Waals surface area contributed by atoms with E-state index in [1.165, 1.54) is 38.7 Å². The number of nitrogens with one attached hydrogen (secondary N) is 2. The Morgan fingerprint density at radius 3 is 2.33 bits per heavy atom. The van der Waals surface area contributed by atoms with Gasteiger partial charge in [0.1, 0.15) is 18.6 Å². The number of nitrogens with two attached hydrogens (primary N) is 1. The van der Waals surface area contributed by atoms with Crippen molar-refractivity contribution in [3.63, 3.8) is 0 Å². The zero-order valence-electron chi connectivity index (χ0n) is 23.1. The number of nitrogens with zero attached hydrogens (tertiary/aromatic N) is 4. The van der Waals surface area contributed by atoms with Gasteiger partial charge in [0.15, 0.2) is 17.5 Å². The van der Waals surface area contributed by atoms with Crippen LogP contribution < -0.4 is 20.9 Å². The maximum Gasteiger partial charge on any atom is 0.292 e. The number of aliphatic imine (C=N–C) groups is 1. The summed E-state index contributed by atoms with van der Waals surface area (Å²) in [5, 5.41) is 9.85. The smallest absolute Gasteiger partial charge is 0.292 e. The van der Waals surface area contributed by atoms with Gasteiger partial charge in [-0.3, -0.25) is 14.6 Å². The zero-order chi connectivity index (χ0) is 30.5. The van der Waals surface area contributed by atoms with Crippen molar-refractivity contribution in [3.8, 4) is 0 Å². The lowest BCUT2D eigenvalue weighted by molar-refractivity contribution is -0.130. The van der Waals surface area contributed by atoms with E-state index >= 15 is 0 Å². The van der Waals surface area contributed by atoms with Crippen molar-refractivity contribution < 1.29 is 32.6 Å². The van der Waals surface area contributed by atoms with Gasteiger partial charge in [-0.15, -0.1) is 0 Å². The summed E-state index contributed by atoms with van der Waals surface area (Å²) in [5.74, 6) is -1.03. The Kier molecular flexibility index (Phi) is 18.6. The molecule has 0 radical (unpaired) electrons. The third-order valence-electron chi connectivity index (χ3n) is 5.42. The predicted molar refractivity (Wildman–Crippen MR) is 152 cm³/mol. The average molecular weight is 568 g/mol.